The highest BCUT2D eigenvalue weighted by Gasteiger charge is 2.17. The fraction of sp³-hybridized carbons (Fsp3) is 0.214. The monoisotopic (exact) mass is 364 g/mol. The molecule has 0 spiro atoms. The van der Waals surface area contributed by atoms with Crippen molar-refractivity contribution in [1.82, 2.24) is 23.7 Å². The smallest absolute Gasteiger partial charge is 0.223 e. The molecule has 8 nitrogen and oxygen atoms in total. The Hall–Kier alpha value is -2.46. The minimum atomic E-state index is -2.84. The lowest BCUT2D eigenvalue weighted by Gasteiger charge is -2.05. The van der Waals surface area contributed by atoms with Crippen LogP contribution < -0.4 is 5.32 Å². The number of carbonyl (C=O) groups is 1. The summed E-state index contributed by atoms with van der Waals surface area (Å²) in [6.07, 6.45) is 6.48. The maximum atomic E-state index is 12.9. The molecule has 10 heteroatoms. The van der Waals surface area contributed by atoms with Gasteiger partial charge >= 0.3 is 0 Å². The predicted molar refractivity (Wildman–Crippen MR) is 94.5 cm³/mol. The van der Waals surface area contributed by atoms with Crippen molar-refractivity contribution in [2.24, 2.45) is 7.05 Å². The van der Waals surface area contributed by atoms with Crippen LogP contribution in [0.25, 0.3) is 10.4 Å². The summed E-state index contributed by atoms with van der Waals surface area (Å²) < 4.78 is 16.0. The van der Waals surface area contributed by atoms with Crippen LogP contribution >= 0.6 is 11.3 Å². The summed E-state index contributed by atoms with van der Waals surface area (Å²) in [7, 11) is -1.05. The number of carbonyl (C=O) groups excluding carboxylic acids is 1. The number of nitrogens with one attached hydrogen (secondary N) is 1. The Kier molecular flexibility index (Phi) is 4.01. The Bertz CT molecular complexity index is 1010. The van der Waals surface area contributed by atoms with Gasteiger partial charge in [0.15, 0.2) is 10.2 Å². The molecule has 0 saturated heterocycles. The zero-order valence-corrected chi connectivity index (χ0v) is 15.0. The van der Waals surface area contributed by atoms with Gasteiger partial charge in [-0.05, 0) is 12.8 Å². The Morgan fingerprint density at radius 1 is 1.42 bits per heavy atom. The summed E-state index contributed by atoms with van der Waals surface area (Å²) in [6, 6.07) is 0. The lowest BCUT2D eigenvalue weighted by Crippen LogP contribution is -2.13. The molecule has 0 aliphatic heterocycles. The van der Waals surface area contributed by atoms with E-state index in [1.165, 1.54) is 22.3 Å². The van der Waals surface area contributed by atoms with Crippen LogP contribution in [-0.4, -0.2) is 39.7 Å². The second-order valence-corrected chi connectivity index (χ2v) is 8.34. The normalized spacial score (nSPS) is 13.6. The van der Waals surface area contributed by atoms with Crippen molar-refractivity contribution in [2.45, 2.75) is 18.9 Å². The molecule has 0 aromatic carbocycles. The third-order valence-corrected chi connectivity index (χ3v) is 6.00. The van der Waals surface area contributed by atoms with Gasteiger partial charge in [0.05, 0.1) is 23.1 Å². The lowest BCUT2D eigenvalue weighted by atomic mass is 10.2. The first-order valence-electron chi connectivity index (χ1n) is 6.93. The standard InChI is InChI=1S/C14H16N6O2S2/c1-9-13(23-14(17-9)18-10(2)21)11-5-16-20(6-11)24(4,22)12-7-19(3)8-15-12/h5-8H,4H2,1-3H3,(H,17,18,21). The van der Waals surface area contributed by atoms with Gasteiger partial charge in [-0.1, -0.05) is 11.3 Å². The molecule has 0 aliphatic carbocycles. The maximum absolute atomic E-state index is 12.9. The van der Waals surface area contributed by atoms with Crippen molar-refractivity contribution in [2.75, 3.05) is 5.32 Å². The molecular formula is C14H16N6O2S2. The van der Waals surface area contributed by atoms with E-state index in [4.69, 9.17) is 0 Å². The summed E-state index contributed by atoms with van der Waals surface area (Å²) in [5.41, 5.74) is 1.52. The van der Waals surface area contributed by atoms with E-state index in [1.807, 2.05) is 6.92 Å². The predicted octanol–water partition coefficient (Wildman–Crippen LogP) is 1.55. The van der Waals surface area contributed by atoms with E-state index in [0.717, 1.165) is 16.1 Å². The van der Waals surface area contributed by atoms with Gasteiger partial charge in [-0.25, -0.2) is 14.2 Å². The molecule has 0 saturated carbocycles. The zero-order valence-electron chi connectivity index (χ0n) is 13.4. The van der Waals surface area contributed by atoms with E-state index in [-0.39, 0.29) is 5.91 Å². The van der Waals surface area contributed by atoms with Gasteiger partial charge in [0.25, 0.3) is 0 Å². The zero-order chi connectivity index (χ0) is 17.5. The van der Waals surface area contributed by atoms with E-state index < -0.39 is 9.71 Å². The molecule has 24 heavy (non-hydrogen) atoms. The number of anilines is 1. The average Bonchev–Trinajstić information content (AvgIpc) is 3.18. The summed E-state index contributed by atoms with van der Waals surface area (Å²) in [4.78, 5) is 20.4. The summed E-state index contributed by atoms with van der Waals surface area (Å²) in [5, 5.41) is 7.72. The van der Waals surface area contributed by atoms with Crippen molar-refractivity contribution in [3.05, 3.63) is 30.6 Å². The molecule has 0 radical (unpaired) electrons. The summed E-state index contributed by atoms with van der Waals surface area (Å²) in [6.45, 7) is 3.27. The number of aryl methyl sites for hydroxylation is 2. The molecule has 1 amide bonds. The van der Waals surface area contributed by atoms with Crippen molar-refractivity contribution < 1.29 is 9.00 Å². The van der Waals surface area contributed by atoms with Crippen LogP contribution in [-0.2, 0) is 21.5 Å². The highest BCUT2D eigenvalue weighted by atomic mass is 32.2. The van der Waals surface area contributed by atoms with Crippen LogP contribution in [0.5, 0.6) is 0 Å². The van der Waals surface area contributed by atoms with Gasteiger partial charge in [0.2, 0.25) is 5.91 Å². The molecule has 1 N–H and O–H groups in total. The fourth-order valence-corrected chi connectivity index (χ4v) is 4.31. The summed E-state index contributed by atoms with van der Waals surface area (Å²) >= 11 is 1.34. The maximum Gasteiger partial charge on any atom is 0.223 e. The quantitative estimate of drug-likeness (QED) is 0.709. The molecule has 0 fully saturated rings. The molecule has 1 atom stereocenters. The number of thiazole rings is 1. The van der Waals surface area contributed by atoms with Gasteiger partial charge in [-0.3, -0.25) is 4.79 Å². The molecule has 3 aromatic rings. The topological polar surface area (TPSA) is 94.7 Å². The van der Waals surface area contributed by atoms with E-state index in [1.54, 1.807) is 36.5 Å². The lowest BCUT2D eigenvalue weighted by molar-refractivity contribution is -0.114. The molecule has 3 rings (SSSR count). The van der Waals surface area contributed by atoms with Gasteiger partial charge in [-0.2, -0.15) is 9.19 Å². The Morgan fingerprint density at radius 3 is 2.79 bits per heavy atom. The minimum absolute atomic E-state index is 0.179. The number of hydrogen-bond acceptors (Lipinski definition) is 6. The van der Waals surface area contributed by atoms with E-state index >= 15 is 0 Å². The molecule has 3 heterocycles. The molecule has 3 aromatic heterocycles. The Morgan fingerprint density at radius 2 is 2.17 bits per heavy atom. The van der Waals surface area contributed by atoms with Gasteiger partial charge < -0.3 is 9.88 Å². The molecule has 0 aliphatic rings. The third-order valence-electron chi connectivity index (χ3n) is 3.21. The highest BCUT2D eigenvalue weighted by Crippen LogP contribution is 2.32. The summed E-state index contributed by atoms with van der Waals surface area (Å²) in [5.74, 6) is 3.60. The van der Waals surface area contributed by atoms with Crippen LogP contribution in [0.2, 0.25) is 0 Å². The second-order valence-electron chi connectivity index (χ2n) is 5.26. The van der Waals surface area contributed by atoms with Crippen LogP contribution in [0.15, 0.2) is 29.9 Å². The van der Waals surface area contributed by atoms with Crippen molar-refractivity contribution in [3.8, 4) is 10.4 Å². The van der Waals surface area contributed by atoms with Gasteiger partial charge in [0, 0.05) is 31.9 Å². The van der Waals surface area contributed by atoms with Crippen LogP contribution in [0.3, 0.4) is 0 Å². The van der Waals surface area contributed by atoms with E-state index in [0.29, 0.717) is 10.2 Å². The SMILES string of the molecule is C=S(=O)(c1cn(C)cn1)n1cc(-c2sc(NC(C)=O)nc2C)cn1. The Balaban J connectivity index is 1.97. The fourth-order valence-electron chi connectivity index (χ4n) is 2.10. The van der Waals surface area contributed by atoms with Gasteiger partial charge in [-0.15, -0.1) is 0 Å². The van der Waals surface area contributed by atoms with Crippen molar-refractivity contribution in [1.29, 1.82) is 0 Å². The van der Waals surface area contributed by atoms with Crippen LogP contribution in [0.1, 0.15) is 12.6 Å². The molecule has 126 valence electrons. The van der Waals surface area contributed by atoms with Crippen molar-refractivity contribution >= 4 is 38.0 Å². The number of nitrogens with zero attached hydrogens (tertiary/aromatic N) is 5. The molecule has 0 bridgehead atoms. The highest BCUT2D eigenvalue weighted by molar-refractivity contribution is 7.98. The second kappa shape index (κ2) is 5.87. The molecular weight excluding hydrogens is 348 g/mol. The number of amides is 1. The number of aromatic nitrogens is 5. The van der Waals surface area contributed by atoms with Crippen molar-refractivity contribution in [3.63, 3.8) is 0 Å². The largest absolute Gasteiger partial charge is 0.339 e. The number of imidazole rings is 1. The first-order valence-corrected chi connectivity index (χ1v) is 9.43. The molecule has 1 unspecified atom stereocenters. The van der Waals surface area contributed by atoms with E-state index in [2.05, 4.69) is 26.3 Å². The third kappa shape index (κ3) is 2.97. The average molecular weight is 364 g/mol. The van der Waals surface area contributed by atoms with E-state index in [9.17, 15) is 9.00 Å². The van der Waals surface area contributed by atoms with Crippen LogP contribution in [0, 0.1) is 6.92 Å². The number of hydrogen-bond donors (Lipinski definition) is 1. The minimum Gasteiger partial charge on any atom is -0.339 e. The van der Waals surface area contributed by atoms with Gasteiger partial charge in [0.1, 0.15) is 9.71 Å². The number of rotatable bonds is 4. The first kappa shape index (κ1) is 16.4. The van der Waals surface area contributed by atoms with Crippen LogP contribution in [0.4, 0.5) is 5.13 Å². The Labute approximate surface area is 143 Å². The first-order chi connectivity index (χ1) is 11.3.